The van der Waals surface area contributed by atoms with Gasteiger partial charge in [-0.1, -0.05) is 0 Å². The van der Waals surface area contributed by atoms with E-state index in [0.29, 0.717) is 18.0 Å². The Morgan fingerprint density at radius 3 is 2.76 bits per heavy atom. The number of hydrogen-bond acceptors (Lipinski definition) is 4. The van der Waals surface area contributed by atoms with Crippen LogP contribution in [0.2, 0.25) is 0 Å². The van der Waals surface area contributed by atoms with E-state index in [4.69, 9.17) is 9.47 Å². The van der Waals surface area contributed by atoms with E-state index in [0.717, 1.165) is 45.4 Å². The lowest BCUT2D eigenvalue weighted by Gasteiger charge is -2.28. The molecule has 0 aromatic rings. The van der Waals surface area contributed by atoms with Crippen LogP contribution in [0.15, 0.2) is 0 Å². The molecule has 2 saturated heterocycles. The summed E-state index contributed by atoms with van der Waals surface area (Å²) in [6.07, 6.45) is 4.27. The second-order valence-electron chi connectivity index (χ2n) is 7.23. The maximum Gasteiger partial charge on any atom is 0.410 e. The van der Waals surface area contributed by atoms with E-state index in [-0.39, 0.29) is 6.09 Å². The number of nitrogens with one attached hydrogen (secondary N) is 1. The van der Waals surface area contributed by atoms with Crippen molar-refractivity contribution in [1.82, 2.24) is 10.2 Å². The highest BCUT2D eigenvalue weighted by Crippen LogP contribution is 2.42. The Bertz CT molecular complexity index is 354. The molecule has 0 spiro atoms. The van der Waals surface area contributed by atoms with E-state index in [1.807, 2.05) is 25.7 Å². The zero-order valence-electron chi connectivity index (χ0n) is 13.9. The summed E-state index contributed by atoms with van der Waals surface area (Å²) < 4.78 is 10.6. The molecule has 21 heavy (non-hydrogen) atoms. The molecule has 2 rings (SSSR count). The first-order chi connectivity index (χ1) is 9.92. The summed E-state index contributed by atoms with van der Waals surface area (Å²) in [6, 6.07) is 0.746. The summed E-state index contributed by atoms with van der Waals surface area (Å²) in [5.41, 5.74) is -0.410. The van der Waals surface area contributed by atoms with Gasteiger partial charge in [0.15, 0.2) is 0 Å². The lowest BCUT2D eigenvalue weighted by Crippen LogP contribution is -2.41. The number of methoxy groups -OCH3 is 1. The Morgan fingerprint density at radius 1 is 1.33 bits per heavy atom. The topological polar surface area (TPSA) is 50.8 Å². The van der Waals surface area contributed by atoms with Crippen molar-refractivity contribution >= 4 is 6.09 Å². The molecule has 2 bridgehead atoms. The molecule has 0 aliphatic carbocycles. The Morgan fingerprint density at radius 2 is 2.10 bits per heavy atom. The van der Waals surface area contributed by atoms with Crippen LogP contribution in [0, 0.1) is 5.92 Å². The highest BCUT2D eigenvalue weighted by atomic mass is 16.6. The van der Waals surface area contributed by atoms with Crippen LogP contribution in [-0.2, 0) is 9.47 Å². The van der Waals surface area contributed by atoms with Crippen molar-refractivity contribution in [3.8, 4) is 0 Å². The number of amides is 1. The van der Waals surface area contributed by atoms with E-state index in [2.05, 4.69) is 5.32 Å². The Kier molecular flexibility index (Phi) is 5.49. The molecule has 5 nitrogen and oxygen atoms in total. The smallest absolute Gasteiger partial charge is 0.410 e. The van der Waals surface area contributed by atoms with Gasteiger partial charge >= 0.3 is 6.09 Å². The summed E-state index contributed by atoms with van der Waals surface area (Å²) in [7, 11) is 1.73. The third kappa shape index (κ3) is 4.33. The van der Waals surface area contributed by atoms with Gasteiger partial charge in [0.1, 0.15) is 5.60 Å². The minimum absolute atomic E-state index is 0.128. The number of carbonyl (C=O) groups excluding carboxylic acids is 1. The number of ether oxygens (including phenoxy) is 2. The highest BCUT2D eigenvalue weighted by Gasteiger charge is 2.49. The van der Waals surface area contributed by atoms with Crippen LogP contribution in [0.5, 0.6) is 0 Å². The first-order valence-electron chi connectivity index (χ1n) is 8.13. The van der Waals surface area contributed by atoms with E-state index in [9.17, 15) is 4.79 Å². The summed E-state index contributed by atoms with van der Waals surface area (Å²) in [4.78, 5) is 14.4. The standard InChI is InChI=1S/C16H30N2O3/c1-16(2,3)21-15(19)18-13-6-7-14(18)12(10-13)11-17-8-5-9-20-4/h12-14,17H,5-11H2,1-4H3. The quantitative estimate of drug-likeness (QED) is 0.765. The molecule has 1 N–H and O–H groups in total. The van der Waals surface area contributed by atoms with Gasteiger partial charge in [-0.05, 0) is 65.5 Å². The fraction of sp³-hybridized carbons (Fsp3) is 0.938. The lowest BCUT2D eigenvalue weighted by molar-refractivity contribution is 0.0205. The van der Waals surface area contributed by atoms with Gasteiger partial charge in [-0.3, -0.25) is 0 Å². The monoisotopic (exact) mass is 298 g/mol. The van der Waals surface area contributed by atoms with Crippen molar-refractivity contribution in [2.45, 2.75) is 64.1 Å². The second-order valence-corrected chi connectivity index (χ2v) is 7.23. The van der Waals surface area contributed by atoms with Gasteiger partial charge in [0.05, 0.1) is 0 Å². The van der Waals surface area contributed by atoms with E-state index in [1.54, 1.807) is 7.11 Å². The lowest BCUT2D eigenvalue weighted by atomic mass is 9.89. The molecule has 0 aromatic carbocycles. The largest absolute Gasteiger partial charge is 0.444 e. The molecule has 2 aliphatic rings. The molecule has 0 radical (unpaired) electrons. The van der Waals surface area contributed by atoms with Gasteiger partial charge in [0.2, 0.25) is 0 Å². The number of rotatable bonds is 6. The zero-order valence-corrected chi connectivity index (χ0v) is 13.9. The fourth-order valence-electron chi connectivity index (χ4n) is 3.56. The molecule has 1 amide bonds. The van der Waals surface area contributed by atoms with Crippen LogP contribution in [0.4, 0.5) is 4.79 Å². The van der Waals surface area contributed by atoms with Crippen LogP contribution in [0.3, 0.4) is 0 Å². The SMILES string of the molecule is COCCCNCC1CC2CCC1N2C(=O)OC(C)(C)C. The third-order valence-electron chi connectivity index (χ3n) is 4.38. The molecule has 122 valence electrons. The Hall–Kier alpha value is -0.810. The maximum absolute atomic E-state index is 12.3. The molecule has 0 saturated carbocycles. The average Bonchev–Trinajstić information content (AvgIpc) is 2.93. The minimum Gasteiger partial charge on any atom is -0.444 e. The van der Waals surface area contributed by atoms with Crippen molar-refractivity contribution in [3.63, 3.8) is 0 Å². The summed E-state index contributed by atoms with van der Waals surface area (Å²) >= 11 is 0. The van der Waals surface area contributed by atoms with Crippen molar-refractivity contribution < 1.29 is 14.3 Å². The number of nitrogens with zero attached hydrogens (tertiary/aromatic N) is 1. The van der Waals surface area contributed by atoms with Gasteiger partial charge < -0.3 is 19.7 Å². The third-order valence-corrected chi connectivity index (χ3v) is 4.38. The van der Waals surface area contributed by atoms with Gasteiger partial charge in [0, 0.05) is 25.8 Å². The molecule has 0 aromatic heterocycles. The van der Waals surface area contributed by atoms with Gasteiger partial charge in [-0.25, -0.2) is 4.79 Å². The van der Waals surface area contributed by atoms with Crippen LogP contribution < -0.4 is 5.32 Å². The van der Waals surface area contributed by atoms with Crippen LogP contribution in [0.1, 0.15) is 46.5 Å². The molecular weight excluding hydrogens is 268 g/mol. The molecule has 2 fully saturated rings. The van der Waals surface area contributed by atoms with Crippen LogP contribution in [0.25, 0.3) is 0 Å². The van der Waals surface area contributed by atoms with Crippen molar-refractivity contribution in [2.24, 2.45) is 5.92 Å². The normalized spacial score (nSPS) is 28.2. The second kappa shape index (κ2) is 6.97. The summed E-state index contributed by atoms with van der Waals surface area (Å²) in [6.45, 7) is 8.55. The van der Waals surface area contributed by atoms with Gasteiger partial charge in [0.25, 0.3) is 0 Å². The van der Waals surface area contributed by atoms with Crippen molar-refractivity contribution in [3.05, 3.63) is 0 Å². The Balaban J connectivity index is 1.80. The minimum atomic E-state index is -0.410. The van der Waals surface area contributed by atoms with E-state index < -0.39 is 5.60 Å². The maximum atomic E-state index is 12.3. The summed E-state index contributed by atoms with van der Waals surface area (Å²) in [5, 5.41) is 3.50. The number of fused-ring (bicyclic) bond motifs is 2. The van der Waals surface area contributed by atoms with Gasteiger partial charge in [-0.2, -0.15) is 0 Å². The molecular formula is C16H30N2O3. The molecule has 3 unspecified atom stereocenters. The molecule has 5 heteroatoms. The molecule has 2 aliphatic heterocycles. The summed E-state index contributed by atoms with van der Waals surface area (Å²) in [5.74, 6) is 0.568. The predicted octanol–water partition coefficient (Wildman–Crippen LogP) is 2.40. The fourth-order valence-corrected chi connectivity index (χ4v) is 3.56. The van der Waals surface area contributed by atoms with Crippen molar-refractivity contribution in [1.29, 1.82) is 0 Å². The van der Waals surface area contributed by atoms with E-state index >= 15 is 0 Å². The Labute approximate surface area is 128 Å². The molecule has 3 atom stereocenters. The predicted molar refractivity (Wildman–Crippen MR) is 82.4 cm³/mol. The first kappa shape index (κ1) is 16.6. The number of carbonyl (C=O) groups is 1. The zero-order chi connectivity index (χ0) is 15.5. The molecule has 2 heterocycles. The van der Waals surface area contributed by atoms with Gasteiger partial charge in [-0.15, -0.1) is 0 Å². The van der Waals surface area contributed by atoms with Crippen LogP contribution in [-0.4, -0.2) is 55.5 Å². The van der Waals surface area contributed by atoms with Crippen molar-refractivity contribution in [2.75, 3.05) is 26.8 Å². The van der Waals surface area contributed by atoms with E-state index in [1.165, 1.54) is 0 Å². The van der Waals surface area contributed by atoms with Crippen LogP contribution >= 0.6 is 0 Å². The average molecular weight is 298 g/mol. The number of hydrogen-bond donors (Lipinski definition) is 1. The highest BCUT2D eigenvalue weighted by molar-refractivity contribution is 5.70. The first-order valence-corrected chi connectivity index (χ1v) is 8.13.